The van der Waals surface area contributed by atoms with Crippen LogP contribution in [0.2, 0.25) is 0 Å². The van der Waals surface area contributed by atoms with E-state index in [-0.39, 0.29) is 22.5 Å². The van der Waals surface area contributed by atoms with Crippen molar-refractivity contribution in [1.82, 2.24) is 0 Å². The van der Waals surface area contributed by atoms with E-state index in [9.17, 15) is 17.6 Å². The number of halogens is 1. The summed E-state index contributed by atoms with van der Waals surface area (Å²) in [4.78, 5) is 13.5. The molecule has 0 bridgehead atoms. The maximum atomic E-state index is 12.9. The van der Waals surface area contributed by atoms with Crippen LogP contribution in [-0.2, 0) is 21.2 Å². The van der Waals surface area contributed by atoms with E-state index in [1.54, 1.807) is 17.0 Å². The first-order valence-electron chi connectivity index (χ1n) is 7.49. The van der Waals surface area contributed by atoms with Crippen molar-refractivity contribution in [3.05, 3.63) is 53.8 Å². The summed E-state index contributed by atoms with van der Waals surface area (Å²) in [6.45, 7) is 3.42. The van der Waals surface area contributed by atoms with Gasteiger partial charge in [-0.15, -0.1) is 0 Å². The van der Waals surface area contributed by atoms with Crippen LogP contribution in [0.5, 0.6) is 0 Å². The predicted molar refractivity (Wildman–Crippen MR) is 90.0 cm³/mol. The number of benzene rings is 2. The quantitative estimate of drug-likeness (QED) is 0.927. The van der Waals surface area contributed by atoms with Crippen molar-refractivity contribution in [2.45, 2.75) is 31.2 Å². The topological polar surface area (TPSA) is 66.5 Å². The van der Waals surface area contributed by atoms with E-state index in [0.717, 1.165) is 11.3 Å². The number of nitrogens with zero attached hydrogens (tertiary/aromatic N) is 1. The summed E-state index contributed by atoms with van der Waals surface area (Å²) in [6.07, 6.45) is 0.606. The number of fused-ring (bicyclic) bond motifs is 1. The highest BCUT2D eigenvalue weighted by molar-refractivity contribution is 7.92. The molecule has 1 heterocycles. The van der Waals surface area contributed by atoms with Crippen LogP contribution in [0.4, 0.5) is 15.8 Å². The van der Waals surface area contributed by atoms with E-state index in [4.69, 9.17) is 0 Å². The second kappa shape index (κ2) is 5.90. The van der Waals surface area contributed by atoms with Crippen LogP contribution >= 0.6 is 0 Å². The Kier molecular flexibility index (Phi) is 4.04. The Balaban J connectivity index is 1.92. The first kappa shape index (κ1) is 16.4. The Morgan fingerprint density at radius 1 is 1.21 bits per heavy atom. The molecule has 5 nitrogen and oxygen atoms in total. The SMILES string of the molecule is CC(=O)N1c2ccc(S(=O)(=O)Nc3ccc(F)cc3)cc2CC1C. The Morgan fingerprint density at radius 3 is 2.50 bits per heavy atom. The summed E-state index contributed by atoms with van der Waals surface area (Å²) in [7, 11) is -3.78. The zero-order valence-electron chi connectivity index (χ0n) is 13.3. The zero-order chi connectivity index (χ0) is 17.5. The van der Waals surface area contributed by atoms with Crippen molar-refractivity contribution in [1.29, 1.82) is 0 Å². The smallest absolute Gasteiger partial charge is 0.261 e. The third-order valence-corrected chi connectivity index (χ3v) is 5.39. The molecule has 2 aromatic rings. The van der Waals surface area contributed by atoms with Crippen LogP contribution < -0.4 is 9.62 Å². The Hall–Kier alpha value is -2.41. The minimum atomic E-state index is -3.78. The van der Waals surface area contributed by atoms with Gasteiger partial charge in [0.05, 0.1) is 4.90 Å². The van der Waals surface area contributed by atoms with Gasteiger partial charge in [0, 0.05) is 24.3 Å². The fraction of sp³-hybridized carbons (Fsp3) is 0.235. The Labute approximate surface area is 140 Å². The number of carbonyl (C=O) groups excluding carboxylic acids is 1. The summed E-state index contributed by atoms with van der Waals surface area (Å²) in [5, 5.41) is 0. The molecule has 1 aliphatic rings. The van der Waals surface area contributed by atoms with Crippen molar-refractivity contribution in [2.24, 2.45) is 0 Å². The molecular formula is C17H17FN2O3S. The Morgan fingerprint density at radius 2 is 1.88 bits per heavy atom. The number of amides is 1. The van der Waals surface area contributed by atoms with E-state index in [1.165, 1.54) is 37.3 Å². The van der Waals surface area contributed by atoms with E-state index in [0.29, 0.717) is 6.42 Å². The molecule has 0 fully saturated rings. The zero-order valence-corrected chi connectivity index (χ0v) is 14.1. The number of anilines is 2. The van der Waals surface area contributed by atoms with E-state index in [1.807, 2.05) is 6.92 Å². The Bertz CT molecular complexity index is 895. The van der Waals surface area contributed by atoms with Crippen LogP contribution in [0.25, 0.3) is 0 Å². The van der Waals surface area contributed by atoms with E-state index in [2.05, 4.69) is 4.72 Å². The van der Waals surface area contributed by atoms with Crippen LogP contribution in [0.15, 0.2) is 47.4 Å². The van der Waals surface area contributed by atoms with Crippen molar-refractivity contribution in [3.8, 4) is 0 Å². The maximum Gasteiger partial charge on any atom is 0.261 e. The molecule has 0 radical (unpaired) electrons. The molecule has 1 unspecified atom stereocenters. The number of hydrogen-bond acceptors (Lipinski definition) is 3. The normalized spacial score (nSPS) is 16.8. The van der Waals surface area contributed by atoms with Gasteiger partial charge in [0.25, 0.3) is 10.0 Å². The molecule has 7 heteroatoms. The largest absolute Gasteiger partial charge is 0.309 e. The van der Waals surface area contributed by atoms with Gasteiger partial charge in [-0.1, -0.05) is 0 Å². The molecule has 0 aliphatic carbocycles. The third-order valence-electron chi connectivity index (χ3n) is 4.01. The third kappa shape index (κ3) is 2.99. The maximum absolute atomic E-state index is 12.9. The second-order valence-electron chi connectivity index (χ2n) is 5.85. The highest BCUT2D eigenvalue weighted by Gasteiger charge is 2.30. The van der Waals surface area contributed by atoms with Gasteiger partial charge in [0.2, 0.25) is 5.91 Å². The number of carbonyl (C=O) groups is 1. The number of nitrogens with one attached hydrogen (secondary N) is 1. The van der Waals surface area contributed by atoms with Gasteiger partial charge in [0.15, 0.2) is 0 Å². The molecule has 0 saturated carbocycles. The van der Waals surface area contributed by atoms with Crippen molar-refractivity contribution < 1.29 is 17.6 Å². The number of hydrogen-bond donors (Lipinski definition) is 1. The molecule has 0 spiro atoms. The highest BCUT2D eigenvalue weighted by Crippen LogP contribution is 2.34. The molecule has 2 aromatic carbocycles. The van der Waals surface area contributed by atoms with Crippen molar-refractivity contribution >= 4 is 27.3 Å². The number of rotatable bonds is 3. The summed E-state index contributed by atoms with van der Waals surface area (Å²) in [6, 6.07) is 9.80. The fourth-order valence-corrected chi connectivity index (χ4v) is 4.10. The molecule has 1 aliphatic heterocycles. The summed E-state index contributed by atoms with van der Waals surface area (Å²) >= 11 is 0. The van der Waals surface area contributed by atoms with Crippen LogP contribution in [-0.4, -0.2) is 20.4 Å². The van der Waals surface area contributed by atoms with E-state index >= 15 is 0 Å². The standard InChI is InChI=1S/C17H17FN2O3S/c1-11-9-13-10-16(7-8-17(13)20(11)12(2)21)24(22,23)19-15-5-3-14(18)4-6-15/h3-8,10-11,19H,9H2,1-2H3. The lowest BCUT2D eigenvalue weighted by molar-refractivity contribution is -0.116. The van der Waals surface area contributed by atoms with Gasteiger partial charge in [0.1, 0.15) is 5.82 Å². The molecule has 0 aromatic heterocycles. The van der Waals surface area contributed by atoms with Crippen molar-refractivity contribution in [3.63, 3.8) is 0 Å². The van der Waals surface area contributed by atoms with E-state index < -0.39 is 15.8 Å². The summed E-state index contributed by atoms with van der Waals surface area (Å²) in [5.74, 6) is -0.505. The average molecular weight is 348 g/mol. The molecule has 1 amide bonds. The molecule has 3 rings (SSSR count). The second-order valence-corrected chi connectivity index (χ2v) is 7.53. The lowest BCUT2D eigenvalue weighted by Gasteiger charge is -2.20. The van der Waals surface area contributed by atoms with Gasteiger partial charge in [-0.05, 0) is 61.4 Å². The molecular weight excluding hydrogens is 331 g/mol. The highest BCUT2D eigenvalue weighted by atomic mass is 32.2. The lowest BCUT2D eigenvalue weighted by atomic mass is 10.1. The summed E-state index contributed by atoms with van der Waals surface area (Å²) in [5.41, 5.74) is 1.85. The van der Waals surface area contributed by atoms with Crippen LogP contribution in [0.1, 0.15) is 19.4 Å². The molecule has 24 heavy (non-hydrogen) atoms. The van der Waals surface area contributed by atoms with Crippen molar-refractivity contribution in [2.75, 3.05) is 9.62 Å². The minimum absolute atomic E-state index is 0.000474. The van der Waals surface area contributed by atoms with Gasteiger partial charge in [-0.2, -0.15) is 0 Å². The molecule has 0 saturated heterocycles. The molecule has 1 N–H and O–H groups in total. The van der Waals surface area contributed by atoms with Gasteiger partial charge in [-0.25, -0.2) is 12.8 Å². The summed E-state index contributed by atoms with van der Waals surface area (Å²) < 4.78 is 40.3. The predicted octanol–water partition coefficient (Wildman–Crippen LogP) is 2.92. The monoisotopic (exact) mass is 348 g/mol. The number of sulfonamides is 1. The first-order chi connectivity index (χ1) is 11.3. The van der Waals surface area contributed by atoms with Gasteiger partial charge >= 0.3 is 0 Å². The first-order valence-corrected chi connectivity index (χ1v) is 8.97. The average Bonchev–Trinajstić information content (AvgIpc) is 2.84. The van der Waals surface area contributed by atoms with Gasteiger partial charge < -0.3 is 4.90 Å². The lowest BCUT2D eigenvalue weighted by Crippen LogP contribution is -2.33. The fourth-order valence-electron chi connectivity index (χ4n) is 2.99. The minimum Gasteiger partial charge on any atom is -0.309 e. The van der Waals surface area contributed by atoms with Gasteiger partial charge in [-0.3, -0.25) is 9.52 Å². The molecule has 1 atom stereocenters. The van der Waals surface area contributed by atoms with Crippen LogP contribution in [0.3, 0.4) is 0 Å². The van der Waals surface area contributed by atoms with Crippen LogP contribution in [0, 0.1) is 5.82 Å². The molecule has 126 valence electrons.